The molecule has 146 valence electrons. The fraction of sp³-hybridized carbons (Fsp3) is 0.150. The molecule has 1 heterocycles. The highest BCUT2D eigenvalue weighted by atomic mass is 35.5. The van der Waals surface area contributed by atoms with E-state index in [9.17, 15) is 13.2 Å². The first-order chi connectivity index (χ1) is 13.3. The van der Waals surface area contributed by atoms with Gasteiger partial charge < -0.3 is 5.32 Å². The van der Waals surface area contributed by atoms with Crippen LogP contribution in [-0.4, -0.2) is 14.3 Å². The minimum Gasteiger partial charge on any atom is -0.324 e. The molecule has 0 radical (unpaired) electrons. The predicted octanol–water partition coefficient (Wildman–Crippen LogP) is 5.08. The molecule has 1 aromatic heterocycles. The lowest BCUT2D eigenvalue weighted by molar-refractivity contribution is -0.116. The van der Waals surface area contributed by atoms with Crippen molar-refractivity contribution in [2.75, 3.05) is 10.0 Å². The molecule has 28 heavy (non-hydrogen) atoms. The highest BCUT2D eigenvalue weighted by molar-refractivity contribution is 7.94. The molecule has 0 aliphatic carbocycles. The Labute approximate surface area is 173 Å². The molecule has 2 aromatic carbocycles. The van der Waals surface area contributed by atoms with Gasteiger partial charge in [0.25, 0.3) is 10.0 Å². The van der Waals surface area contributed by atoms with Gasteiger partial charge in [-0.1, -0.05) is 41.9 Å². The molecule has 0 spiro atoms. The molecule has 3 aromatic rings. The number of benzene rings is 2. The first kappa shape index (κ1) is 20.4. The van der Waals surface area contributed by atoms with E-state index >= 15 is 0 Å². The Kier molecular flexibility index (Phi) is 6.39. The number of sulfonamides is 1. The average molecular weight is 435 g/mol. The normalized spacial score (nSPS) is 11.2. The second kappa shape index (κ2) is 8.77. The summed E-state index contributed by atoms with van der Waals surface area (Å²) in [6.07, 6.45) is 0.792. The van der Waals surface area contributed by atoms with Gasteiger partial charge in [-0.15, -0.1) is 11.3 Å². The van der Waals surface area contributed by atoms with Crippen LogP contribution in [0.4, 0.5) is 11.4 Å². The Balaban J connectivity index is 1.67. The minimum absolute atomic E-state index is 0.209. The van der Waals surface area contributed by atoms with Gasteiger partial charge in [0.2, 0.25) is 5.91 Å². The standard InChI is InChI=1S/C20H19ClN2O3S2/c1-14-8-9-15(13-16(14)21)10-11-19(24)22-17-5-2-3-6-18(17)23-28(25,26)20-7-4-12-27-20/h2-9,12-13,23H,10-11H2,1H3,(H,22,24). The van der Waals surface area contributed by atoms with Gasteiger partial charge in [0.05, 0.1) is 11.4 Å². The lowest BCUT2D eigenvalue weighted by Crippen LogP contribution is -2.16. The first-order valence-corrected chi connectivity index (χ1v) is 11.3. The zero-order chi connectivity index (χ0) is 20.1. The maximum atomic E-state index is 12.4. The van der Waals surface area contributed by atoms with Crippen molar-refractivity contribution in [3.8, 4) is 0 Å². The van der Waals surface area contributed by atoms with Gasteiger partial charge in [-0.25, -0.2) is 8.42 Å². The second-order valence-corrected chi connectivity index (χ2v) is 9.48. The summed E-state index contributed by atoms with van der Waals surface area (Å²) in [7, 11) is -3.69. The molecular formula is C20H19ClN2O3S2. The van der Waals surface area contributed by atoms with E-state index in [0.29, 0.717) is 22.8 Å². The van der Waals surface area contributed by atoms with Crippen LogP contribution in [0.15, 0.2) is 64.2 Å². The van der Waals surface area contributed by atoms with Crippen LogP contribution in [0.3, 0.4) is 0 Å². The van der Waals surface area contributed by atoms with Crippen molar-refractivity contribution in [2.45, 2.75) is 24.0 Å². The van der Waals surface area contributed by atoms with Crippen molar-refractivity contribution in [1.29, 1.82) is 0 Å². The largest absolute Gasteiger partial charge is 0.324 e. The van der Waals surface area contributed by atoms with E-state index in [1.54, 1.807) is 35.7 Å². The van der Waals surface area contributed by atoms with E-state index < -0.39 is 10.0 Å². The topological polar surface area (TPSA) is 75.3 Å². The van der Waals surface area contributed by atoms with Crippen molar-refractivity contribution in [2.24, 2.45) is 0 Å². The van der Waals surface area contributed by atoms with Crippen LogP contribution in [0.25, 0.3) is 0 Å². The summed E-state index contributed by atoms with van der Waals surface area (Å²) in [5.41, 5.74) is 2.69. The summed E-state index contributed by atoms with van der Waals surface area (Å²) < 4.78 is 27.6. The van der Waals surface area contributed by atoms with E-state index in [4.69, 9.17) is 11.6 Å². The molecule has 0 saturated heterocycles. The number of halogens is 1. The monoisotopic (exact) mass is 434 g/mol. The number of hydrogen-bond acceptors (Lipinski definition) is 4. The summed E-state index contributed by atoms with van der Waals surface area (Å²) >= 11 is 7.25. The number of hydrogen-bond donors (Lipinski definition) is 2. The zero-order valence-corrected chi connectivity index (χ0v) is 17.5. The SMILES string of the molecule is Cc1ccc(CCC(=O)Nc2ccccc2NS(=O)(=O)c2cccs2)cc1Cl. The highest BCUT2D eigenvalue weighted by Crippen LogP contribution is 2.26. The molecule has 0 saturated carbocycles. The van der Waals surface area contributed by atoms with Crippen LogP contribution < -0.4 is 10.0 Å². The zero-order valence-electron chi connectivity index (χ0n) is 15.1. The third-order valence-corrected chi connectivity index (χ3v) is 7.25. The van der Waals surface area contributed by atoms with Gasteiger partial charge in [0.1, 0.15) is 4.21 Å². The first-order valence-electron chi connectivity index (χ1n) is 8.55. The summed E-state index contributed by atoms with van der Waals surface area (Å²) in [4.78, 5) is 12.4. The lowest BCUT2D eigenvalue weighted by Gasteiger charge is -2.13. The number of rotatable bonds is 7. The Morgan fingerprint density at radius 1 is 1.07 bits per heavy atom. The molecule has 5 nitrogen and oxygen atoms in total. The van der Waals surface area contributed by atoms with Crippen molar-refractivity contribution in [1.82, 2.24) is 0 Å². The summed E-state index contributed by atoms with van der Waals surface area (Å²) in [6, 6.07) is 15.6. The number of anilines is 2. The third kappa shape index (κ3) is 5.13. The summed E-state index contributed by atoms with van der Waals surface area (Å²) in [5, 5.41) is 5.15. The number of amides is 1. The molecular weight excluding hydrogens is 416 g/mol. The van der Waals surface area contributed by atoms with Gasteiger partial charge >= 0.3 is 0 Å². The Hall–Kier alpha value is -2.35. The quantitative estimate of drug-likeness (QED) is 0.544. The van der Waals surface area contributed by atoms with Crippen molar-refractivity contribution < 1.29 is 13.2 Å². The molecule has 0 aliphatic rings. The maximum Gasteiger partial charge on any atom is 0.271 e. The predicted molar refractivity (Wildman–Crippen MR) is 115 cm³/mol. The van der Waals surface area contributed by atoms with Crippen LogP contribution in [0.1, 0.15) is 17.5 Å². The Morgan fingerprint density at radius 3 is 2.50 bits per heavy atom. The van der Waals surface area contributed by atoms with Gasteiger partial charge in [-0.05, 0) is 54.1 Å². The third-order valence-electron chi connectivity index (χ3n) is 4.08. The lowest BCUT2D eigenvalue weighted by atomic mass is 10.1. The van der Waals surface area contributed by atoms with Crippen molar-refractivity contribution in [3.63, 3.8) is 0 Å². The number of para-hydroxylation sites is 2. The van der Waals surface area contributed by atoms with Crippen molar-refractivity contribution in [3.05, 3.63) is 76.1 Å². The van der Waals surface area contributed by atoms with E-state index in [-0.39, 0.29) is 16.5 Å². The van der Waals surface area contributed by atoms with E-state index in [1.807, 2.05) is 25.1 Å². The smallest absolute Gasteiger partial charge is 0.271 e. The molecule has 1 amide bonds. The molecule has 2 N–H and O–H groups in total. The molecule has 3 rings (SSSR count). The fourth-order valence-corrected chi connectivity index (χ4v) is 4.83. The fourth-order valence-electron chi connectivity index (χ4n) is 2.56. The number of carbonyl (C=O) groups excluding carboxylic acids is 1. The van der Waals surface area contributed by atoms with Gasteiger partial charge in [0.15, 0.2) is 0 Å². The highest BCUT2D eigenvalue weighted by Gasteiger charge is 2.17. The molecule has 0 bridgehead atoms. The van der Waals surface area contributed by atoms with Crippen LogP contribution in [0.5, 0.6) is 0 Å². The molecule has 8 heteroatoms. The Morgan fingerprint density at radius 2 is 1.82 bits per heavy atom. The molecule has 0 fully saturated rings. The maximum absolute atomic E-state index is 12.4. The number of carbonyl (C=O) groups is 1. The van der Waals surface area contributed by atoms with Crippen molar-refractivity contribution >= 4 is 50.2 Å². The van der Waals surface area contributed by atoms with Crippen LogP contribution >= 0.6 is 22.9 Å². The molecule has 0 unspecified atom stereocenters. The molecule has 0 atom stereocenters. The van der Waals surface area contributed by atoms with Crippen LogP contribution in [0.2, 0.25) is 5.02 Å². The molecule has 0 aliphatic heterocycles. The van der Waals surface area contributed by atoms with E-state index in [1.165, 1.54) is 6.07 Å². The van der Waals surface area contributed by atoms with Gasteiger partial charge in [-0.3, -0.25) is 9.52 Å². The number of nitrogens with one attached hydrogen (secondary N) is 2. The van der Waals surface area contributed by atoms with Crippen LogP contribution in [-0.2, 0) is 21.2 Å². The second-order valence-electron chi connectivity index (χ2n) is 6.21. The summed E-state index contributed by atoms with van der Waals surface area (Å²) in [6.45, 7) is 1.92. The number of thiophene rings is 1. The van der Waals surface area contributed by atoms with Gasteiger partial charge in [-0.2, -0.15) is 0 Å². The van der Waals surface area contributed by atoms with Gasteiger partial charge in [0, 0.05) is 11.4 Å². The number of aryl methyl sites for hydroxylation is 2. The van der Waals surface area contributed by atoms with E-state index in [2.05, 4.69) is 10.0 Å². The van der Waals surface area contributed by atoms with E-state index in [0.717, 1.165) is 22.5 Å². The van der Waals surface area contributed by atoms with Crippen LogP contribution in [0, 0.1) is 6.92 Å². The minimum atomic E-state index is -3.69. The Bertz CT molecular complexity index is 1080. The average Bonchev–Trinajstić information content (AvgIpc) is 3.20. The summed E-state index contributed by atoms with van der Waals surface area (Å²) in [5.74, 6) is -0.209.